The molecule has 0 saturated carbocycles. The molecule has 0 unspecified atom stereocenters. The summed E-state index contributed by atoms with van der Waals surface area (Å²) in [5, 5.41) is 2.14. The van der Waals surface area contributed by atoms with Gasteiger partial charge in [0.1, 0.15) is 5.82 Å². The van der Waals surface area contributed by atoms with Gasteiger partial charge in [0, 0.05) is 19.3 Å². The van der Waals surface area contributed by atoms with Crippen LogP contribution in [0.4, 0.5) is 11.8 Å². The molecule has 1 aromatic heterocycles. The first-order valence-electron chi connectivity index (χ1n) is 4.95. The Kier molecular flexibility index (Phi) is 2.78. The van der Waals surface area contributed by atoms with E-state index in [1.54, 1.807) is 12.3 Å². The molecule has 0 amide bonds. The van der Waals surface area contributed by atoms with Crippen LogP contribution in [0.1, 0.15) is 19.3 Å². The molecular weight excluding hydrogens is 178 g/mol. The number of rotatable bonds is 2. The number of nitrogens with one attached hydrogen (secondary N) is 1. The molecule has 1 aliphatic heterocycles. The highest BCUT2D eigenvalue weighted by Crippen LogP contribution is 2.10. The van der Waals surface area contributed by atoms with Crippen molar-refractivity contribution in [2.24, 2.45) is 0 Å². The summed E-state index contributed by atoms with van der Waals surface area (Å²) in [7, 11) is 0. The third-order valence-corrected chi connectivity index (χ3v) is 2.29. The van der Waals surface area contributed by atoms with Gasteiger partial charge in [-0.25, -0.2) is 9.99 Å². The predicted molar refractivity (Wildman–Crippen MR) is 55.5 cm³/mol. The summed E-state index contributed by atoms with van der Waals surface area (Å²) >= 11 is 0. The van der Waals surface area contributed by atoms with Gasteiger partial charge in [-0.2, -0.15) is 4.98 Å². The van der Waals surface area contributed by atoms with Crippen LogP contribution in [0.2, 0.25) is 0 Å². The minimum atomic E-state index is 0.500. The number of aromatic nitrogens is 2. The fourth-order valence-corrected chi connectivity index (χ4v) is 1.57. The Morgan fingerprint density at radius 1 is 1.29 bits per heavy atom. The molecule has 0 atom stereocenters. The van der Waals surface area contributed by atoms with Gasteiger partial charge in [-0.1, -0.05) is 6.42 Å². The number of hydrazine groups is 1. The van der Waals surface area contributed by atoms with Gasteiger partial charge in [-0.3, -0.25) is 5.43 Å². The van der Waals surface area contributed by atoms with Crippen molar-refractivity contribution in [2.75, 3.05) is 24.2 Å². The molecule has 76 valence electrons. The largest absolute Gasteiger partial charge is 0.384 e. The maximum Gasteiger partial charge on any atom is 0.239 e. The summed E-state index contributed by atoms with van der Waals surface area (Å²) in [4.78, 5) is 8.17. The lowest BCUT2D eigenvalue weighted by Gasteiger charge is -2.26. The van der Waals surface area contributed by atoms with E-state index in [9.17, 15) is 0 Å². The van der Waals surface area contributed by atoms with Crippen LogP contribution < -0.4 is 11.2 Å². The quantitative estimate of drug-likeness (QED) is 0.729. The molecule has 14 heavy (non-hydrogen) atoms. The molecule has 1 fully saturated rings. The number of nitrogen functional groups attached to an aromatic ring is 1. The molecule has 1 aliphatic rings. The summed E-state index contributed by atoms with van der Waals surface area (Å²) in [5.74, 6) is 1.09. The fourth-order valence-electron chi connectivity index (χ4n) is 1.57. The van der Waals surface area contributed by atoms with Crippen LogP contribution in [-0.2, 0) is 0 Å². The standard InChI is InChI=1S/C9H15N5/c10-8-4-5-11-9(12-8)13-14-6-2-1-3-7-14/h4-5H,1-3,6-7H2,(H3,10,11,12,13). The SMILES string of the molecule is Nc1ccnc(NN2CCCCC2)n1. The smallest absolute Gasteiger partial charge is 0.239 e. The first-order valence-corrected chi connectivity index (χ1v) is 4.95. The number of hydrogen-bond donors (Lipinski definition) is 2. The lowest BCUT2D eigenvalue weighted by Crippen LogP contribution is -2.35. The highest BCUT2D eigenvalue weighted by Gasteiger charge is 2.10. The van der Waals surface area contributed by atoms with Crippen molar-refractivity contribution in [1.82, 2.24) is 15.0 Å². The Labute approximate surface area is 83.3 Å². The van der Waals surface area contributed by atoms with Crippen molar-refractivity contribution in [3.8, 4) is 0 Å². The van der Waals surface area contributed by atoms with E-state index in [0.717, 1.165) is 13.1 Å². The van der Waals surface area contributed by atoms with Crippen LogP contribution in [0.25, 0.3) is 0 Å². The number of nitrogens with two attached hydrogens (primary N) is 1. The van der Waals surface area contributed by atoms with Gasteiger partial charge >= 0.3 is 0 Å². The Morgan fingerprint density at radius 3 is 2.79 bits per heavy atom. The number of piperidine rings is 1. The molecule has 0 aromatic carbocycles. The third kappa shape index (κ3) is 2.32. The predicted octanol–water partition coefficient (Wildman–Crippen LogP) is 0.872. The summed E-state index contributed by atoms with van der Waals surface area (Å²) < 4.78 is 0. The molecule has 0 bridgehead atoms. The van der Waals surface area contributed by atoms with Crippen molar-refractivity contribution in [1.29, 1.82) is 0 Å². The molecule has 0 spiro atoms. The zero-order valence-corrected chi connectivity index (χ0v) is 8.11. The highest BCUT2D eigenvalue weighted by molar-refractivity contribution is 5.34. The molecule has 0 aliphatic carbocycles. The minimum Gasteiger partial charge on any atom is -0.384 e. The van der Waals surface area contributed by atoms with Crippen LogP contribution in [0.5, 0.6) is 0 Å². The van der Waals surface area contributed by atoms with Crippen LogP contribution >= 0.6 is 0 Å². The summed E-state index contributed by atoms with van der Waals surface area (Å²) in [6, 6.07) is 1.68. The van der Waals surface area contributed by atoms with E-state index in [1.165, 1.54) is 19.3 Å². The van der Waals surface area contributed by atoms with E-state index in [1.807, 2.05) is 0 Å². The zero-order chi connectivity index (χ0) is 9.80. The lowest BCUT2D eigenvalue weighted by atomic mass is 10.2. The normalized spacial score (nSPS) is 18.0. The van der Waals surface area contributed by atoms with Crippen molar-refractivity contribution in [3.05, 3.63) is 12.3 Å². The van der Waals surface area contributed by atoms with Gasteiger partial charge in [0.25, 0.3) is 0 Å². The van der Waals surface area contributed by atoms with Crippen LogP contribution in [0.15, 0.2) is 12.3 Å². The maximum absolute atomic E-state index is 5.55. The Balaban J connectivity index is 1.95. The van der Waals surface area contributed by atoms with Gasteiger partial charge in [-0.15, -0.1) is 0 Å². The van der Waals surface area contributed by atoms with Gasteiger partial charge in [-0.05, 0) is 18.9 Å². The summed E-state index contributed by atoms with van der Waals surface area (Å²) in [6.07, 6.45) is 5.44. The second kappa shape index (κ2) is 4.23. The molecule has 0 radical (unpaired) electrons. The zero-order valence-electron chi connectivity index (χ0n) is 8.11. The molecule has 5 nitrogen and oxygen atoms in total. The van der Waals surface area contributed by atoms with E-state index < -0.39 is 0 Å². The van der Waals surface area contributed by atoms with Gasteiger partial charge in [0.05, 0.1) is 0 Å². The van der Waals surface area contributed by atoms with E-state index in [0.29, 0.717) is 11.8 Å². The monoisotopic (exact) mass is 193 g/mol. The fraction of sp³-hybridized carbons (Fsp3) is 0.556. The summed E-state index contributed by atoms with van der Waals surface area (Å²) in [5.41, 5.74) is 8.71. The highest BCUT2D eigenvalue weighted by atomic mass is 15.5. The molecule has 2 rings (SSSR count). The van der Waals surface area contributed by atoms with Crippen molar-refractivity contribution >= 4 is 11.8 Å². The number of hydrogen-bond acceptors (Lipinski definition) is 5. The second-order valence-corrected chi connectivity index (χ2v) is 3.46. The summed E-state index contributed by atoms with van der Waals surface area (Å²) in [6.45, 7) is 2.11. The maximum atomic E-state index is 5.55. The third-order valence-electron chi connectivity index (χ3n) is 2.29. The van der Waals surface area contributed by atoms with E-state index >= 15 is 0 Å². The van der Waals surface area contributed by atoms with Crippen molar-refractivity contribution < 1.29 is 0 Å². The second-order valence-electron chi connectivity index (χ2n) is 3.46. The first-order chi connectivity index (χ1) is 6.84. The van der Waals surface area contributed by atoms with Crippen molar-refractivity contribution in [2.45, 2.75) is 19.3 Å². The van der Waals surface area contributed by atoms with Crippen molar-refractivity contribution in [3.63, 3.8) is 0 Å². The Morgan fingerprint density at radius 2 is 2.07 bits per heavy atom. The van der Waals surface area contributed by atoms with Crippen LogP contribution in [0.3, 0.4) is 0 Å². The first kappa shape index (κ1) is 9.21. The average Bonchev–Trinajstić information content (AvgIpc) is 2.19. The molecular formula is C9H15N5. The Hall–Kier alpha value is -1.36. The number of anilines is 2. The average molecular weight is 193 g/mol. The van der Waals surface area contributed by atoms with E-state index in [2.05, 4.69) is 20.4 Å². The Bertz CT molecular complexity index is 295. The number of nitrogens with zero attached hydrogens (tertiary/aromatic N) is 3. The molecule has 1 aromatic rings. The molecule has 1 saturated heterocycles. The van der Waals surface area contributed by atoms with Crippen LogP contribution in [-0.4, -0.2) is 28.1 Å². The topological polar surface area (TPSA) is 67.1 Å². The van der Waals surface area contributed by atoms with E-state index in [-0.39, 0.29) is 0 Å². The van der Waals surface area contributed by atoms with Crippen LogP contribution in [0, 0.1) is 0 Å². The minimum absolute atomic E-state index is 0.500. The van der Waals surface area contributed by atoms with Gasteiger partial charge in [0.15, 0.2) is 0 Å². The molecule has 5 heteroatoms. The van der Waals surface area contributed by atoms with Gasteiger partial charge in [0.2, 0.25) is 5.95 Å². The molecule has 3 N–H and O–H groups in total. The lowest BCUT2D eigenvalue weighted by molar-refractivity contribution is 0.271. The van der Waals surface area contributed by atoms with E-state index in [4.69, 9.17) is 5.73 Å². The molecule has 2 heterocycles. The van der Waals surface area contributed by atoms with Gasteiger partial charge < -0.3 is 5.73 Å².